The van der Waals surface area contributed by atoms with Gasteiger partial charge in [-0.25, -0.2) is 8.78 Å². The molecule has 1 aliphatic heterocycles. The molecule has 3 nitrogen and oxygen atoms in total. The van der Waals surface area contributed by atoms with Crippen molar-refractivity contribution in [3.05, 3.63) is 35.4 Å². The average Bonchev–Trinajstić information content (AvgIpc) is 2.36. The van der Waals surface area contributed by atoms with Crippen LogP contribution < -0.4 is 5.73 Å². The second kappa shape index (κ2) is 5.44. The summed E-state index contributed by atoms with van der Waals surface area (Å²) >= 11 is 0. The number of piperidine rings is 1. The second-order valence-electron chi connectivity index (χ2n) is 4.72. The van der Waals surface area contributed by atoms with Crippen molar-refractivity contribution in [3.63, 3.8) is 0 Å². The van der Waals surface area contributed by atoms with Crippen molar-refractivity contribution >= 4 is 5.84 Å². The summed E-state index contributed by atoms with van der Waals surface area (Å²) in [4.78, 5) is 2.07. The Bertz CT molecular complexity index is 440. The highest BCUT2D eigenvalue weighted by molar-refractivity contribution is 5.79. The molecule has 3 N–H and O–H groups in total. The fraction of sp³-hybridized carbons (Fsp3) is 0.462. The van der Waals surface area contributed by atoms with E-state index in [1.54, 1.807) is 6.07 Å². The molecule has 98 valence electrons. The molecule has 1 saturated heterocycles. The molecule has 0 radical (unpaired) electrons. The molecule has 1 heterocycles. The second-order valence-corrected chi connectivity index (χ2v) is 4.72. The van der Waals surface area contributed by atoms with Crippen molar-refractivity contribution < 1.29 is 8.78 Å². The Morgan fingerprint density at radius 1 is 1.33 bits per heavy atom. The minimum absolute atomic E-state index is 0.138. The number of nitrogens with two attached hydrogens (primary N) is 1. The van der Waals surface area contributed by atoms with Crippen molar-refractivity contribution in [3.8, 4) is 0 Å². The van der Waals surface area contributed by atoms with Gasteiger partial charge in [0.1, 0.15) is 0 Å². The maximum atomic E-state index is 13.5. The normalized spacial score (nSPS) is 17.9. The number of likely N-dealkylation sites (tertiary alicyclic amines) is 1. The van der Waals surface area contributed by atoms with Crippen LogP contribution in [-0.4, -0.2) is 23.8 Å². The highest BCUT2D eigenvalue weighted by Crippen LogP contribution is 2.20. The van der Waals surface area contributed by atoms with Gasteiger partial charge < -0.3 is 5.73 Å². The number of nitrogens with one attached hydrogen (secondary N) is 1. The SMILES string of the molecule is N=C(N)C1CCN(Cc2cccc(F)c2F)CC1. The lowest BCUT2D eigenvalue weighted by Crippen LogP contribution is -2.38. The Morgan fingerprint density at radius 2 is 2.00 bits per heavy atom. The van der Waals surface area contributed by atoms with E-state index in [0.29, 0.717) is 12.1 Å². The van der Waals surface area contributed by atoms with Crippen LogP contribution in [-0.2, 0) is 6.54 Å². The molecule has 1 aromatic carbocycles. The third-order valence-corrected chi connectivity index (χ3v) is 3.45. The first kappa shape index (κ1) is 13.0. The summed E-state index contributed by atoms with van der Waals surface area (Å²) in [7, 11) is 0. The van der Waals surface area contributed by atoms with Crippen LogP contribution in [0, 0.1) is 23.0 Å². The van der Waals surface area contributed by atoms with Crippen LogP contribution in [0.1, 0.15) is 18.4 Å². The lowest BCUT2D eigenvalue weighted by molar-refractivity contribution is 0.198. The molecule has 0 aromatic heterocycles. The van der Waals surface area contributed by atoms with Crippen molar-refractivity contribution in [2.24, 2.45) is 11.7 Å². The van der Waals surface area contributed by atoms with Crippen LogP contribution in [0.15, 0.2) is 18.2 Å². The van der Waals surface area contributed by atoms with Gasteiger partial charge in [-0.2, -0.15) is 0 Å². The van der Waals surface area contributed by atoms with Gasteiger partial charge in [0.2, 0.25) is 0 Å². The lowest BCUT2D eigenvalue weighted by Gasteiger charge is -2.31. The molecule has 0 spiro atoms. The van der Waals surface area contributed by atoms with E-state index < -0.39 is 11.6 Å². The zero-order chi connectivity index (χ0) is 13.1. The van der Waals surface area contributed by atoms with Gasteiger partial charge in [-0.15, -0.1) is 0 Å². The number of nitrogens with zero attached hydrogens (tertiary/aromatic N) is 1. The molecule has 0 amide bonds. The third-order valence-electron chi connectivity index (χ3n) is 3.45. The lowest BCUT2D eigenvalue weighted by atomic mass is 9.95. The fourth-order valence-corrected chi connectivity index (χ4v) is 2.31. The molecule has 1 aliphatic rings. The van der Waals surface area contributed by atoms with Gasteiger partial charge in [0.05, 0.1) is 5.84 Å². The minimum atomic E-state index is -0.800. The molecule has 0 saturated carbocycles. The Morgan fingerprint density at radius 3 is 2.61 bits per heavy atom. The van der Waals surface area contributed by atoms with Crippen LogP contribution in [0.3, 0.4) is 0 Å². The zero-order valence-electron chi connectivity index (χ0n) is 10.1. The van der Waals surface area contributed by atoms with E-state index in [4.69, 9.17) is 11.1 Å². The van der Waals surface area contributed by atoms with Gasteiger partial charge in [0, 0.05) is 18.0 Å². The van der Waals surface area contributed by atoms with E-state index in [-0.39, 0.29) is 11.8 Å². The average molecular weight is 253 g/mol. The largest absolute Gasteiger partial charge is 0.387 e. The fourth-order valence-electron chi connectivity index (χ4n) is 2.31. The van der Waals surface area contributed by atoms with Crippen molar-refractivity contribution in [1.29, 1.82) is 5.41 Å². The maximum Gasteiger partial charge on any atom is 0.163 e. The van der Waals surface area contributed by atoms with E-state index in [1.807, 2.05) is 0 Å². The van der Waals surface area contributed by atoms with Crippen molar-refractivity contribution in [2.75, 3.05) is 13.1 Å². The Kier molecular flexibility index (Phi) is 3.91. The van der Waals surface area contributed by atoms with Crippen LogP contribution in [0.5, 0.6) is 0 Å². The number of halogens is 2. The summed E-state index contributed by atoms with van der Waals surface area (Å²) in [5, 5.41) is 7.39. The number of amidine groups is 1. The third kappa shape index (κ3) is 2.85. The summed E-state index contributed by atoms with van der Waals surface area (Å²) in [5.41, 5.74) is 5.85. The molecule has 1 fully saturated rings. The Hall–Kier alpha value is -1.49. The maximum absolute atomic E-state index is 13.5. The van der Waals surface area contributed by atoms with Gasteiger partial charge in [0.15, 0.2) is 11.6 Å². The number of rotatable bonds is 3. The Balaban J connectivity index is 1.96. The molecule has 0 atom stereocenters. The molecule has 5 heteroatoms. The van der Waals surface area contributed by atoms with Gasteiger partial charge in [0.25, 0.3) is 0 Å². The van der Waals surface area contributed by atoms with Crippen LogP contribution in [0.2, 0.25) is 0 Å². The number of hydrogen-bond donors (Lipinski definition) is 2. The summed E-state index contributed by atoms with van der Waals surface area (Å²) in [6.45, 7) is 1.94. The van der Waals surface area contributed by atoms with Gasteiger partial charge in [-0.3, -0.25) is 10.3 Å². The first-order valence-electron chi connectivity index (χ1n) is 6.07. The highest BCUT2D eigenvalue weighted by Gasteiger charge is 2.22. The summed E-state index contributed by atoms with van der Waals surface area (Å²) in [6, 6.07) is 4.26. The predicted octanol–water partition coefficient (Wildman–Crippen LogP) is 2.11. The smallest absolute Gasteiger partial charge is 0.163 e. The molecular weight excluding hydrogens is 236 g/mol. The first-order chi connectivity index (χ1) is 8.58. The van der Waals surface area contributed by atoms with Gasteiger partial charge >= 0.3 is 0 Å². The van der Waals surface area contributed by atoms with Gasteiger partial charge in [-0.05, 0) is 32.0 Å². The van der Waals surface area contributed by atoms with Crippen LogP contribution in [0.25, 0.3) is 0 Å². The van der Waals surface area contributed by atoms with E-state index in [9.17, 15) is 8.78 Å². The number of benzene rings is 1. The Labute approximate surface area is 105 Å². The quantitative estimate of drug-likeness (QED) is 0.640. The standard InChI is InChI=1S/C13H17F2N3/c14-11-3-1-2-10(12(11)15)8-18-6-4-9(5-7-18)13(16)17/h1-3,9H,4-8H2,(H3,16,17). The van der Waals surface area contributed by atoms with E-state index in [1.165, 1.54) is 6.07 Å². The molecular formula is C13H17F2N3. The van der Waals surface area contributed by atoms with E-state index in [0.717, 1.165) is 32.0 Å². The van der Waals surface area contributed by atoms with Crippen molar-refractivity contribution in [2.45, 2.75) is 19.4 Å². The molecule has 2 rings (SSSR count). The zero-order valence-corrected chi connectivity index (χ0v) is 10.1. The first-order valence-corrected chi connectivity index (χ1v) is 6.07. The van der Waals surface area contributed by atoms with E-state index >= 15 is 0 Å². The molecule has 0 aliphatic carbocycles. The molecule has 1 aromatic rings. The van der Waals surface area contributed by atoms with E-state index in [2.05, 4.69) is 4.90 Å². The molecule has 0 unspecified atom stereocenters. The van der Waals surface area contributed by atoms with Crippen LogP contribution >= 0.6 is 0 Å². The number of hydrogen-bond acceptors (Lipinski definition) is 2. The monoisotopic (exact) mass is 253 g/mol. The summed E-state index contributed by atoms with van der Waals surface area (Å²) < 4.78 is 26.6. The van der Waals surface area contributed by atoms with Gasteiger partial charge in [-0.1, -0.05) is 12.1 Å². The predicted molar refractivity (Wildman–Crippen MR) is 66.3 cm³/mol. The highest BCUT2D eigenvalue weighted by atomic mass is 19.2. The summed E-state index contributed by atoms with van der Waals surface area (Å²) in [6.07, 6.45) is 1.62. The summed E-state index contributed by atoms with van der Waals surface area (Å²) in [5.74, 6) is -1.19. The molecule has 0 bridgehead atoms. The van der Waals surface area contributed by atoms with Crippen LogP contribution in [0.4, 0.5) is 8.78 Å². The minimum Gasteiger partial charge on any atom is -0.387 e. The topological polar surface area (TPSA) is 53.1 Å². The van der Waals surface area contributed by atoms with Crippen molar-refractivity contribution in [1.82, 2.24) is 4.90 Å². The molecule has 18 heavy (non-hydrogen) atoms.